The van der Waals surface area contributed by atoms with Crippen molar-refractivity contribution in [3.8, 4) is 0 Å². The minimum absolute atomic E-state index is 0.253. The Labute approximate surface area is 156 Å². The standard InChI is InChI=1S/C20H20FN3O3/c1-22-19(25)17(11-13-5-3-2-4-6-13)23-20(26)18-12-16(24-27-18)14-7-9-15(21)10-8-14/h2-10,17-18H,11-12H2,1H3,(H,22,25)(H,23,26). The second-order valence-corrected chi connectivity index (χ2v) is 6.21. The molecule has 0 spiro atoms. The molecule has 0 radical (unpaired) electrons. The number of likely N-dealkylation sites (N-methyl/N-ethyl adjacent to an activating group) is 1. The Morgan fingerprint density at radius 1 is 1.19 bits per heavy atom. The molecule has 140 valence electrons. The van der Waals surface area contributed by atoms with Crippen LogP contribution >= 0.6 is 0 Å². The van der Waals surface area contributed by atoms with Gasteiger partial charge in [0.1, 0.15) is 11.9 Å². The molecule has 2 aromatic carbocycles. The van der Waals surface area contributed by atoms with Gasteiger partial charge in [0.25, 0.3) is 5.91 Å². The van der Waals surface area contributed by atoms with E-state index in [2.05, 4.69) is 15.8 Å². The number of nitrogens with zero attached hydrogens (tertiary/aromatic N) is 1. The first kappa shape index (κ1) is 18.6. The van der Waals surface area contributed by atoms with Gasteiger partial charge >= 0.3 is 0 Å². The Balaban J connectivity index is 1.62. The maximum Gasteiger partial charge on any atom is 0.265 e. The van der Waals surface area contributed by atoms with Crippen molar-refractivity contribution in [1.82, 2.24) is 10.6 Å². The van der Waals surface area contributed by atoms with Crippen molar-refractivity contribution in [1.29, 1.82) is 0 Å². The molecule has 6 nitrogen and oxygen atoms in total. The average Bonchev–Trinajstić information content (AvgIpc) is 3.18. The van der Waals surface area contributed by atoms with Crippen molar-refractivity contribution < 1.29 is 18.8 Å². The summed E-state index contributed by atoms with van der Waals surface area (Å²) in [7, 11) is 1.52. The molecule has 2 aromatic rings. The lowest BCUT2D eigenvalue weighted by Gasteiger charge is -2.19. The maximum absolute atomic E-state index is 13.0. The van der Waals surface area contributed by atoms with E-state index in [-0.39, 0.29) is 18.1 Å². The Hall–Kier alpha value is -3.22. The smallest absolute Gasteiger partial charge is 0.265 e. The van der Waals surface area contributed by atoms with Crippen LogP contribution in [-0.4, -0.2) is 36.7 Å². The molecular formula is C20H20FN3O3. The number of carbonyl (C=O) groups is 2. The molecule has 1 aliphatic rings. The van der Waals surface area contributed by atoms with Gasteiger partial charge < -0.3 is 15.5 Å². The largest absolute Gasteiger partial charge is 0.382 e. The van der Waals surface area contributed by atoms with Gasteiger partial charge in [-0.1, -0.05) is 47.6 Å². The fraction of sp³-hybridized carbons (Fsp3) is 0.250. The number of halogens is 1. The molecule has 2 unspecified atom stereocenters. The lowest BCUT2D eigenvalue weighted by atomic mass is 10.0. The highest BCUT2D eigenvalue weighted by molar-refractivity contribution is 6.04. The Morgan fingerprint density at radius 3 is 2.56 bits per heavy atom. The van der Waals surface area contributed by atoms with E-state index in [1.54, 1.807) is 12.1 Å². The normalized spacial score (nSPS) is 16.8. The molecule has 0 saturated heterocycles. The van der Waals surface area contributed by atoms with E-state index in [1.165, 1.54) is 19.2 Å². The Morgan fingerprint density at radius 2 is 1.89 bits per heavy atom. The number of nitrogens with one attached hydrogen (secondary N) is 2. The summed E-state index contributed by atoms with van der Waals surface area (Å²) in [6, 6.07) is 14.5. The van der Waals surface area contributed by atoms with E-state index < -0.39 is 18.1 Å². The number of rotatable bonds is 6. The molecule has 0 aliphatic carbocycles. The van der Waals surface area contributed by atoms with Crippen molar-refractivity contribution in [3.05, 3.63) is 71.5 Å². The molecule has 1 heterocycles. The molecule has 0 aromatic heterocycles. The second kappa shape index (κ2) is 8.44. The minimum atomic E-state index is -0.826. The fourth-order valence-corrected chi connectivity index (χ4v) is 2.83. The molecule has 7 heteroatoms. The van der Waals surface area contributed by atoms with Gasteiger partial charge in [-0.3, -0.25) is 9.59 Å². The Kier molecular flexibility index (Phi) is 5.80. The van der Waals surface area contributed by atoms with Gasteiger partial charge in [0.2, 0.25) is 12.0 Å². The van der Waals surface area contributed by atoms with Crippen molar-refractivity contribution in [3.63, 3.8) is 0 Å². The number of carbonyl (C=O) groups excluding carboxylic acids is 2. The van der Waals surface area contributed by atoms with Crippen LogP contribution in [0.4, 0.5) is 4.39 Å². The molecule has 3 rings (SSSR count). The molecule has 0 saturated carbocycles. The topological polar surface area (TPSA) is 79.8 Å². The first-order valence-corrected chi connectivity index (χ1v) is 8.61. The van der Waals surface area contributed by atoms with Crippen LogP contribution in [0.25, 0.3) is 0 Å². The van der Waals surface area contributed by atoms with Gasteiger partial charge in [-0.2, -0.15) is 0 Å². The highest BCUT2D eigenvalue weighted by Crippen LogP contribution is 2.17. The number of hydrogen-bond donors (Lipinski definition) is 2. The highest BCUT2D eigenvalue weighted by atomic mass is 19.1. The van der Waals surface area contributed by atoms with Crippen molar-refractivity contribution in [2.24, 2.45) is 5.16 Å². The zero-order valence-corrected chi connectivity index (χ0v) is 14.8. The van der Waals surface area contributed by atoms with Gasteiger partial charge in [0.05, 0.1) is 5.71 Å². The predicted octanol–water partition coefficient (Wildman–Crippen LogP) is 1.79. The van der Waals surface area contributed by atoms with Crippen molar-refractivity contribution in [2.75, 3.05) is 7.05 Å². The van der Waals surface area contributed by atoms with Crippen LogP contribution in [0, 0.1) is 5.82 Å². The summed E-state index contributed by atoms with van der Waals surface area (Å²) in [5, 5.41) is 9.22. The summed E-state index contributed by atoms with van der Waals surface area (Å²) in [5.74, 6) is -1.05. The molecule has 2 atom stereocenters. The lowest BCUT2D eigenvalue weighted by Crippen LogP contribution is -2.50. The van der Waals surface area contributed by atoms with Crippen LogP contribution < -0.4 is 10.6 Å². The highest BCUT2D eigenvalue weighted by Gasteiger charge is 2.31. The molecule has 27 heavy (non-hydrogen) atoms. The van der Waals surface area contributed by atoms with Crippen LogP contribution in [0.1, 0.15) is 17.5 Å². The van der Waals surface area contributed by atoms with Crippen molar-refractivity contribution >= 4 is 17.5 Å². The summed E-state index contributed by atoms with van der Waals surface area (Å²) in [4.78, 5) is 29.9. The van der Waals surface area contributed by atoms with Crippen LogP contribution in [0.2, 0.25) is 0 Å². The Bertz CT molecular complexity index is 837. The van der Waals surface area contributed by atoms with Crippen LogP contribution in [0.5, 0.6) is 0 Å². The number of hydrogen-bond acceptors (Lipinski definition) is 4. The molecule has 2 amide bonds. The first-order chi connectivity index (χ1) is 13.1. The molecule has 0 fully saturated rings. The SMILES string of the molecule is CNC(=O)C(Cc1ccccc1)NC(=O)C1CC(c2ccc(F)cc2)=NO1. The van der Waals surface area contributed by atoms with Crippen LogP contribution in [0.15, 0.2) is 59.8 Å². The van der Waals surface area contributed by atoms with Gasteiger partial charge in [-0.05, 0) is 23.3 Å². The van der Waals surface area contributed by atoms with Gasteiger partial charge in [0, 0.05) is 19.9 Å². The average molecular weight is 369 g/mol. The van der Waals surface area contributed by atoms with Gasteiger partial charge in [0.15, 0.2) is 0 Å². The second-order valence-electron chi connectivity index (χ2n) is 6.21. The number of amides is 2. The number of oxime groups is 1. The third-order valence-corrected chi connectivity index (χ3v) is 4.30. The van der Waals surface area contributed by atoms with Crippen LogP contribution in [-0.2, 0) is 20.8 Å². The van der Waals surface area contributed by atoms with Crippen LogP contribution in [0.3, 0.4) is 0 Å². The molecule has 2 N–H and O–H groups in total. The first-order valence-electron chi connectivity index (χ1n) is 8.61. The summed E-state index contributed by atoms with van der Waals surface area (Å²) in [6.07, 6.45) is -0.207. The lowest BCUT2D eigenvalue weighted by molar-refractivity contribution is -0.135. The van der Waals surface area contributed by atoms with E-state index in [9.17, 15) is 14.0 Å². The zero-order chi connectivity index (χ0) is 19.2. The van der Waals surface area contributed by atoms with E-state index >= 15 is 0 Å². The summed E-state index contributed by atoms with van der Waals surface area (Å²) >= 11 is 0. The quantitative estimate of drug-likeness (QED) is 0.815. The van der Waals surface area contributed by atoms with E-state index in [0.29, 0.717) is 17.7 Å². The summed E-state index contributed by atoms with van der Waals surface area (Å²) in [6.45, 7) is 0. The molecule has 0 bridgehead atoms. The zero-order valence-electron chi connectivity index (χ0n) is 14.8. The maximum atomic E-state index is 13.0. The fourth-order valence-electron chi connectivity index (χ4n) is 2.83. The van der Waals surface area contributed by atoms with Gasteiger partial charge in [-0.15, -0.1) is 0 Å². The van der Waals surface area contributed by atoms with Crippen molar-refractivity contribution in [2.45, 2.75) is 25.0 Å². The molecule has 1 aliphatic heterocycles. The minimum Gasteiger partial charge on any atom is -0.382 e. The van der Waals surface area contributed by atoms with Gasteiger partial charge in [-0.25, -0.2) is 4.39 Å². The number of benzene rings is 2. The van der Waals surface area contributed by atoms with E-state index in [0.717, 1.165) is 5.56 Å². The third-order valence-electron chi connectivity index (χ3n) is 4.30. The van der Waals surface area contributed by atoms with E-state index in [4.69, 9.17) is 4.84 Å². The molecular weight excluding hydrogens is 349 g/mol. The predicted molar refractivity (Wildman–Crippen MR) is 98.6 cm³/mol. The third kappa shape index (κ3) is 4.69. The van der Waals surface area contributed by atoms with E-state index in [1.807, 2.05) is 30.3 Å². The summed E-state index contributed by atoms with van der Waals surface area (Å²) in [5.41, 5.74) is 2.19. The summed E-state index contributed by atoms with van der Waals surface area (Å²) < 4.78 is 13.0. The monoisotopic (exact) mass is 369 g/mol.